The Bertz CT molecular complexity index is 821. The molecule has 2 heterocycles. The highest BCUT2D eigenvalue weighted by Crippen LogP contribution is 2.15. The summed E-state index contributed by atoms with van der Waals surface area (Å²) in [4.78, 5) is 28.1. The molecule has 0 saturated heterocycles. The predicted octanol–water partition coefficient (Wildman–Crippen LogP) is 2.46. The van der Waals surface area contributed by atoms with Crippen LogP contribution in [0.4, 0.5) is 0 Å². The Morgan fingerprint density at radius 1 is 1.08 bits per heavy atom. The van der Waals surface area contributed by atoms with Crippen LogP contribution in [0.15, 0.2) is 55.2 Å². The number of carbonyl (C=O) groups is 2. The van der Waals surface area contributed by atoms with Crippen LogP contribution in [-0.2, 0) is 11.3 Å². The van der Waals surface area contributed by atoms with E-state index in [1.165, 1.54) is 0 Å². The predicted molar refractivity (Wildman–Crippen MR) is 91.7 cm³/mol. The zero-order valence-corrected chi connectivity index (χ0v) is 13.4. The van der Waals surface area contributed by atoms with Crippen LogP contribution in [0.1, 0.15) is 24.1 Å². The zero-order valence-electron chi connectivity index (χ0n) is 13.4. The molecule has 0 aliphatic rings. The van der Waals surface area contributed by atoms with Gasteiger partial charge in [-0.2, -0.15) is 0 Å². The fourth-order valence-electron chi connectivity index (χ4n) is 2.64. The molecule has 6 heteroatoms. The van der Waals surface area contributed by atoms with Crippen LogP contribution < -0.4 is 5.32 Å². The van der Waals surface area contributed by atoms with Crippen molar-refractivity contribution in [2.45, 2.75) is 25.8 Å². The first-order chi connectivity index (χ1) is 11.7. The number of hydrogen-bond acceptors (Lipinski definition) is 3. The summed E-state index contributed by atoms with van der Waals surface area (Å²) in [5, 5.41) is 3.87. The molecular formula is C18H20N4O2. The Balaban J connectivity index is 1.41. The van der Waals surface area contributed by atoms with Gasteiger partial charge in [0.2, 0.25) is 11.8 Å². The lowest BCUT2D eigenvalue weighted by atomic mass is 10.2. The van der Waals surface area contributed by atoms with Gasteiger partial charge < -0.3 is 9.88 Å². The van der Waals surface area contributed by atoms with Gasteiger partial charge in [-0.05, 0) is 18.6 Å². The maximum atomic E-state index is 12.3. The number of imidazole rings is 1. The van der Waals surface area contributed by atoms with E-state index in [-0.39, 0.29) is 24.7 Å². The Kier molecular flexibility index (Phi) is 5.05. The summed E-state index contributed by atoms with van der Waals surface area (Å²) in [6, 6.07) is 9.62. The molecule has 0 aliphatic carbocycles. The molecule has 0 unspecified atom stereocenters. The Hall–Kier alpha value is -2.89. The Morgan fingerprint density at radius 3 is 2.79 bits per heavy atom. The van der Waals surface area contributed by atoms with E-state index in [1.54, 1.807) is 23.3 Å². The number of hydrogen-bond donors (Lipinski definition) is 1. The van der Waals surface area contributed by atoms with Crippen molar-refractivity contribution in [1.29, 1.82) is 0 Å². The van der Waals surface area contributed by atoms with E-state index < -0.39 is 0 Å². The number of carbonyl (C=O) groups excluding carboxylic acids is 2. The van der Waals surface area contributed by atoms with Crippen LogP contribution in [0.25, 0.3) is 10.9 Å². The quantitative estimate of drug-likeness (QED) is 0.679. The van der Waals surface area contributed by atoms with E-state index in [9.17, 15) is 9.59 Å². The van der Waals surface area contributed by atoms with E-state index >= 15 is 0 Å². The highest BCUT2D eigenvalue weighted by atomic mass is 16.2. The number of amides is 1. The second-order valence-corrected chi connectivity index (χ2v) is 5.64. The zero-order chi connectivity index (χ0) is 16.8. The van der Waals surface area contributed by atoms with Crippen LogP contribution in [-0.4, -0.2) is 32.5 Å². The molecule has 2 aromatic heterocycles. The van der Waals surface area contributed by atoms with Gasteiger partial charge in [-0.1, -0.05) is 18.2 Å². The van der Waals surface area contributed by atoms with Crippen LogP contribution in [0.2, 0.25) is 0 Å². The minimum atomic E-state index is -0.0922. The molecule has 1 aromatic carbocycles. The Labute approximate surface area is 140 Å². The molecule has 0 spiro atoms. The second kappa shape index (κ2) is 7.59. The van der Waals surface area contributed by atoms with Gasteiger partial charge in [-0.15, -0.1) is 0 Å². The first-order valence-electron chi connectivity index (χ1n) is 8.06. The van der Waals surface area contributed by atoms with Crippen molar-refractivity contribution in [2.24, 2.45) is 0 Å². The molecule has 0 saturated carbocycles. The van der Waals surface area contributed by atoms with Crippen molar-refractivity contribution in [1.82, 2.24) is 19.4 Å². The lowest BCUT2D eigenvalue weighted by Crippen LogP contribution is -2.26. The molecule has 6 nitrogen and oxygen atoms in total. The van der Waals surface area contributed by atoms with Crippen molar-refractivity contribution >= 4 is 22.7 Å². The van der Waals surface area contributed by atoms with E-state index in [4.69, 9.17) is 0 Å². The fourth-order valence-corrected chi connectivity index (χ4v) is 2.64. The summed E-state index contributed by atoms with van der Waals surface area (Å²) in [7, 11) is 0. The third-order valence-electron chi connectivity index (χ3n) is 3.91. The number of aromatic nitrogens is 3. The maximum absolute atomic E-state index is 12.3. The lowest BCUT2D eigenvalue weighted by Gasteiger charge is -2.06. The van der Waals surface area contributed by atoms with Gasteiger partial charge in [0.05, 0.1) is 11.8 Å². The third kappa shape index (κ3) is 3.90. The summed E-state index contributed by atoms with van der Waals surface area (Å²) in [5.74, 6) is -0.157. The summed E-state index contributed by atoms with van der Waals surface area (Å²) in [6.07, 6.45) is 8.37. The van der Waals surface area contributed by atoms with Gasteiger partial charge >= 0.3 is 0 Å². The van der Waals surface area contributed by atoms with Gasteiger partial charge in [0.25, 0.3) is 0 Å². The molecule has 0 radical (unpaired) electrons. The summed E-state index contributed by atoms with van der Waals surface area (Å²) >= 11 is 0. The lowest BCUT2D eigenvalue weighted by molar-refractivity contribution is -0.121. The summed E-state index contributed by atoms with van der Waals surface area (Å²) in [5.41, 5.74) is 0.878. The highest BCUT2D eigenvalue weighted by molar-refractivity contribution is 5.93. The van der Waals surface area contributed by atoms with Crippen molar-refractivity contribution < 1.29 is 9.59 Å². The smallest absolute Gasteiger partial charge is 0.231 e. The number of nitrogens with zero attached hydrogens (tertiary/aromatic N) is 3. The van der Waals surface area contributed by atoms with Crippen LogP contribution in [0, 0.1) is 0 Å². The molecule has 3 aromatic rings. The van der Waals surface area contributed by atoms with Gasteiger partial charge in [0, 0.05) is 49.9 Å². The van der Waals surface area contributed by atoms with Crippen molar-refractivity contribution in [3.8, 4) is 0 Å². The summed E-state index contributed by atoms with van der Waals surface area (Å²) in [6.45, 7) is 1.41. The van der Waals surface area contributed by atoms with E-state index in [0.717, 1.165) is 23.9 Å². The molecule has 1 amide bonds. The third-order valence-corrected chi connectivity index (χ3v) is 3.91. The first kappa shape index (κ1) is 16.0. The van der Waals surface area contributed by atoms with Crippen molar-refractivity contribution in [2.75, 3.05) is 6.54 Å². The second-order valence-electron chi connectivity index (χ2n) is 5.64. The number of aryl methyl sites for hydroxylation is 1. The molecule has 0 fully saturated rings. The highest BCUT2D eigenvalue weighted by Gasteiger charge is 2.10. The molecule has 0 atom stereocenters. The van der Waals surface area contributed by atoms with Crippen LogP contribution in [0.5, 0.6) is 0 Å². The molecule has 1 N–H and O–H groups in total. The normalized spacial score (nSPS) is 10.8. The minimum absolute atomic E-state index is 0.0650. The average molecular weight is 324 g/mol. The van der Waals surface area contributed by atoms with E-state index in [2.05, 4.69) is 10.3 Å². The number of fused-ring (bicyclic) bond motifs is 1. The van der Waals surface area contributed by atoms with E-state index in [0.29, 0.717) is 6.54 Å². The minimum Gasteiger partial charge on any atom is -0.356 e. The van der Waals surface area contributed by atoms with Gasteiger partial charge in [-0.25, -0.2) is 4.98 Å². The maximum Gasteiger partial charge on any atom is 0.231 e. The SMILES string of the molecule is O=C(CCC(=O)n1ccc2ccccc21)NCCCn1ccnc1. The Morgan fingerprint density at radius 2 is 1.96 bits per heavy atom. The van der Waals surface area contributed by atoms with Crippen LogP contribution in [0.3, 0.4) is 0 Å². The molecule has 24 heavy (non-hydrogen) atoms. The van der Waals surface area contributed by atoms with Crippen molar-refractivity contribution in [3.05, 3.63) is 55.2 Å². The molecular weight excluding hydrogens is 304 g/mol. The number of nitrogens with one attached hydrogen (secondary N) is 1. The van der Waals surface area contributed by atoms with Crippen LogP contribution >= 0.6 is 0 Å². The topological polar surface area (TPSA) is 68.9 Å². The standard InChI is InChI=1S/C18H20N4O2/c23-17(20-9-3-11-21-13-10-19-14-21)6-7-18(24)22-12-8-15-4-1-2-5-16(15)22/h1-2,4-5,8,10,12-14H,3,6-7,9,11H2,(H,20,23). The first-order valence-corrected chi connectivity index (χ1v) is 8.06. The number of para-hydroxylation sites is 1. The monoisotopic (exact) mass is 324 g/mol. The molecule has 124 valence electrons. The fraction of sp³-hybridized carbons (Fsp3) is 0.278. The van der Waals surface area contributed by atoms with E-state index in [1.807, 2.05) is 41.1 Å². The van der Waals surface area contributed by atoms with Gasteiger partial charge in [-0.3, -0.25) is 14.2 Å². The number of benzene rings is 1. The largest absolute Gasteiger partial charge is 0.356 e. The molecule has 0 aliphatic heterocycles. The van der Waals surface area contributed by atoms with Gasteiger partial charge in [0.1, 0.15) is 0 Å². The van der Waals surface area contributed by atoms with Crippen molar-refractivity contribution in [3.63, 3.8) is 0 Å². The summed E-state index contributed by atoms with van der Waals surface area (Å²) < 4.78 is 3.58. The average Bonchev–Trinajstić information content (AvgIpc) is 3.26. The molecule has 0 bridgehead atoms. The number of rotatable bonds is 7. The molecule has 3 rings (SSSR count). The van der Waals surface area contributed by atoms with Gasteiger partial charge in [0.15, 0.2) is 0 Å².